The van der Waals surface area contributed by atoms with Gasteiger partial charge in [-0.2, -0.15) is 11.8 Å². The van der Waals surface area contributed by atoms with Gasteiger partial charge in [-0.1, -0.05) is 12.1 Å². The van der Waals surface area contributed by atoms with Crippen LogP contribution < -0.4 is 10.1 Å². The Kier molecular flexibility index (Phi) is 5.71. The highest BCUT2D eigenvalue weighted by molar-refractivity contribution is 7.98. The van der Waals surface area contributed by atoms with E-state index in [1.54, 1.807) is 0 Å². The standard InChI is InChI=1S/C13H21NOS/c1-10(2)15-12-7-5-6-11(8-12)13(14-3)9-16-4/h5-8,10,13-14H,9H2,1-4H3. The Labute approximate surface area is 103 Å². The van der Waals surface area contributed by atoms with Gasteiger partial charge in [-0.25, -0.2) is 0 Å². The maximum absolute atomic E-state index is 5.69. The molecule has 0 saturated heterocycles. The zero-order valence-electron chi connectivity index (χ0n) is 10.5. The molecule has 1 aromatic carbocycles. The third-order valence-electron chi connectivity index (χ3n) is 2.31. The van der Waals surface area contributed by atoms with Crippen LogP contribution in [0.25, 0.3) is 0 Å². The number of ether oxygens (including phenoxy) is 1. The Morgan fingerprint density at radius 1 is 1.38 bits per heavy atom. The highest BCUT2D eigenvalue weighted by Crippen LogP contribution is 2.22. The highest BCUT2D eigenvalue weighted by atomic mass is 32.2. The Morgan fingerprint density at radius 3 is 2.69 bits per heavy atom. The van der Waals surface area contributed by atoms with Crippen molar-refractivity contribution in [2.75, 3.05) is 19.1 Å². The van der Waals surface area contributed by atoms with Gasteiger partial charge in [0.1, 0.15) is 5.75 Å². The first kappa shape index (κ1) is 13.4. The minimum atomic E-state index is 0.226. The largest absolute Gasteiger partial charge is 0.491 e. The zero-order chi connectivity index (χ0) is 12.0. The summed E-state index contributed by atoms with van der Waals surface area (Å²) in [6, 6.07) is 8.72. The van der Waals surface area contributed by atoms with E-state index in [4.69, 9.17) is 4.74 Å². The van der Waals surface area contributed by atoms with Gasteiger partial charge in [-0.3, -0.25) is 0 Å². The van der Waals surface area contributed by atoms with Crippen molar-refractivity contribution in [3.05, 3.63) is 29.8 Å². The van der Waals surface area contributed by atoms with E-state index in [0.29, 0.717) is 6.04 Å². The van der Waals surface area contributed by atoms with Gasteiger partial charge in [0.15, 0.2) is 0 Å². The number of hydrogen-bond acceptors (Lipinski definition) is 3. The molecular weight excluding hydrogens is 218 g/mol. The molecule has 16 heavy (non-hydrogen) atoms. The molecule has 1 rings (SSSR count). The Bertz CT molecular complexity index is 315. The van der Waals surface area contributed by atoms with Gasteiger partial charge in [0.25, 0.3) is 0 Å². The molecule has 1 aromatic rings. The second-order valence-corrected chi connectivity index (χ2v) is 4.95. The molecule has 1 unspecified atom stereocenters. The summed E-state index contributed by atoms with van der Waals surface area (Å²) in [4.78, 5) is 0. The minimum absolute atomic E-state index is 0.226. The van der Waals surface area contributed by atoms with E-state index in [0.717, 1.165) is 11.5 Å². The summed E-state index contributed by atoms with van der Waals surface area (Å²) in [5, 5.41) is 3.32. The van der Waals surface area contributed by atoms with Crippen molar-refractivity contribution in [2.24, 2.45) is 0 Å². The van der Waals surface area contributed by atoms with Crippen LogP contribution in [0, 0.1) is 0 Å². The first-order chi connectivity index (χ1) is 7.67. The molecular formula is C13H21NOS. The van der Waals surface area contributed by atoms with Gasteiger partial charge >= 0.3 is 0 Å². The molecule has 0 heterocycles. The predicted octanol–water partition coefficient (Wildman–Crippen LogP) is 3.10. The van der Waals surface area contributed by atoms with E-state index in [1.807, 2.05) is 38.7 Å². The number of thioether (sulfide) groups is 1. The third kappa shape index (κ3) is 4.06. The summed E-state index contributed by atoms with van der Waals surface area (Å²) in [6.45, 7) is 4.09. The van der Waals surface area contributed by atoms with Crippen molar-refractivity contribution in [1.82, 2.24) is 5.32 Å². The van der Waals surface area contributed by atoms with Crippen LogP contribution in [-0.2, 0) is 0 Å². The van der Waals surface area contributed by atoms with Crippen LogP contribution in [0.1, 0.15) is 25.5 Å². The van der Waals surface area contributed by atoms with Gasteiger partial charge in [0.2, 0.25) is 0 Å². The molecule has 0 fully saturated rings. The molecule has 0 spiro atoms. The zero-order valence-corrected chi connectivity index (χ0v) is 11.3. The van der Waals surface area contributed by atoms with Crippen LogP contribution >= 0.6 is 11.8 Å². The second-order valence-electron chi connectivity index (χ2n) is 4.04. The average Bonchev–Trinajstić information content (AvgIpc) is 2.25. The van der Waals surface area contributed by atoms with Gasteiger partial charge in [-0.15, -0.1) is 0 Å². The van der Waals surface area contributed by atoms with E-state index in [2.05, 4.69) is 29.8 Å². The van der Waals surface area contributed by atoms with Gasteiger partial charge < -0.3 is 10.1 Å². The Hall–Kier alpha value is -0.670. The van der Waals surface area contributed by atoms with E-state index in [1.165, 1.54) is 5.56 Å². The lowest BCUT2D eigenvalue weighted by Crippen LogP contribution is -2.18. The second kappa shape index (κ2) is 6.81. The van der Waals surface area contributed by atoms with Gasteiger partial charge in [0, 0.05) is 11.8 Å². The Morgan fingerprint density at radius 2 is 2.12 bits per heavy atom. The topological polar surface area (TPSA) is 21.3 Å². The summed E-state index contributed by atoms with van der Waals surface area (Å²) in [6.07, 6.45) is 2.35. The summed E-state index contributed by atoms with van der Waals surface area (Å²) < 4.78 is 5.69. The maximum Gasteiger partial charge on any atom is 0.120 e. The van der Waals surface area contributed by atoms with Crippen molar-refractivity contribution < 1.29 is 4.74 Å². The first-order valence-electron chi connectivity index (χ1n) is 5.60. The minimum Gasteiger partial charge on any atom is -0.491 e. The SMILES string of the molecule is CNC(CSC)c1cccc(OC(C)C)c1. The molecule has 0 amide bonds. The smallest absolute Gasteiger partial charge is 0.120 e. The quantitative estimate of drug-likeness (QED) is 0.824. The summed E-state index contributed by atoms with van der Waals surface area (Å²) >= 11 is 1.85. The fourth-order valence-corrected chi connectivity index (χ4v) is 2.28. The first-order valence-corrected chi connectivity index (χ1v) is 6.99. The molecule has 0 saturated carbocycles. The van der Waals surface area contributed by atoms with E-state index in [-0.39, 0.29) is 6.10 Å². The molecule has 0 aliphatic carbocycles. The molecule has 1 N–H and O–H groups in total. The van der Waals surface area contributed by atoms with Gasteiger partial charge in [-0.05, 0) is 44.8 Å². The number of benzene rings is 1. The number of hydrogen-bond donors (Lipinski definition) is 1. The molecule has 0 aliphatic rings. The normalized spacial score (nSPS) is 12.8. The average molecular weight is 239 g/mol. The summed E-state index contributed by atoms with van der Waals surface area (Å²) in [5.41, 5.74) is 1.29. The molecule has 2 nitrogen and oxygen atoms in total. The molecule has 0 aliphatic heterocycles. The molecule has 0 aromatic heterocycles. The van der Waals surface area contributed by atoms with Crippen molar-refractivity contribution in [3.63, 3.8) is 0 Å². The van der Waals surface area contributed by atoms with E-state index < -0.39 is 0 Å². The molecule has 90 valence electrons. The van der Waals surface area contributed by atoms with Crippen LogP contribution in [0.15, 0.2) is 24.3 Å². The monoisotopic (exact) mass is 239 g/mol. The Balaban J connectivity index is 2.79. The van der Waals surface area contributed by atoms with E-state index >= 15 is 0 Å². The van der Waals surface area contributed by atoms with Crippen molar-refractivity contribution >= 4 is 11.8 Å². The van der Waals surface area contributed by atoms with E-state index in [9.17, 15) is 0 Å². The highest BCUT2D eigenvalue weighted by Gasteiger charge is 2.09. The van der Waals surface area contributed by atoms with Crippen LogP contribution in [0.3, 0.4) is 0 Å². The lowest BCUT2D eigenvalue weighted by atomic mass is 10.1. The van der Waals surface area contributed by atoms with Crippen molar-refractivity contribution in [3.8, 4) is 5.75 Å². The van der Waals surface area contributed by atoms with Crippen molar-refractivity contribution in [1.29, 1.82) is 0 Å². The van der Waals surface area contributed by atoms with Crippen LogP contribution in [0.2, 0.25) is 0 Å². The lowest BCUT2D eigenvalue weighted by molar-refractivity contribution is 0.242. The van der Waals surface area contributed by atoms with Crippen LogP contribution in [0.5, 0.6) is 5.75 Å². The van der Waals surface area contributed by atoms with Gasteiger partial charge in [0.05, 0.1) is 6.10 Å². The van der Waals surface area contributed by atoms with Crippen LogP contribution in [-0.4, -0.2) is 25.2 Å². The third-order valence-corrected chi connectivity index (χ3v) is 2.98. The predicted molar refractivity (Wildman–Crippen MR) is 72.4 cm³/mol. The number of rotatable bonds is 6. The van der Waals surface area contributed by atoms with Crippen LogP contribution in [0.4, 0.5) is 0 Å². The fourth-order valence-electron chi connectivity index (χ4n) is 1.59. The molecule has 0 bridgehead atoms. The maximum atomic E-state index is 5.69. The molecule has 0 radical (unpaired) electrons. The summed E-state index contributed by atoms with van der Waals surface area (Å²) in [5.74, 6) is 2.02. The number of nitrogens with one attached hydrogen (secondary N) is 1. The summed E-state index contributed by atoms with van der Waals surface area (Å²) in [7, 11) is 2.00. The molecule has 1 atom stereocenters. The lowest BCUT2D eigenvalue weighted by Gasteiger charge is -2.17. The fraction of sp³-hybridized carbons (Fsp3) is 0.538. The molecule has 3 heteroatoms. The van der Waals surface area contributed by atoms with Crippen molar-refractivity contribution in [2.45, 2.75) is 26.0 Å².